The molecular weight excluding hydrogens is 342 g/mol. The molecule has 1 aliphatic heterocycles. The molecule has 0 radical (unpaired) electrons. The summed E-state index contributed by atoms with van der Waals surface area (Å²) in [7, 11) is 1.11. The predicted molar refractivity (Wildman–Crippen MR) is 82.7 cm³/mol. The van der Waals surface area contributed by atoms with Crippen LogP contribution in [0.3, 0.4) is 0 Å². The van der Waals surface area contributed by atoms with Crippen LogP contribution in [0.4, 0.5) is 4.79 Å². The lowest BCUT2D eigenvalue weighted by Gasteiger charge is -2.10. The molecule has 0 aliphatic carbocycles. The van der Waals surface area contributed by atoms with Gasteiger partial charge in [-0.15, -0.1) is 0 Å². The number of esters is 1. The van der Waals surface area contributed by atoms with Crippen molar-refractivity contribution in [2.45, 2.75) is 13.0 Å². The smallest absolute Gasteiger partial charge is 0.413 e. The number of rotatable bonds is 4. The van der Waals surface area contributed by atoms with Crippen LogP contribution >= 0.6 is 11.6 Å². The molecule has 8 nitrogen and oxygen atoms in total. The topological polar surface area (TPSA) is 100 Å². The van der Waals surface area contributed by atoms with Crippen molar-refractivity contribution in [3.63, 3.8) is 0 Å². The maximum absolute atomic E-state index is 11.7. The van der Waals surface area contributed by atoms with Gasteiger partial charge in [0.15, 0.2) is 17.6 Å². The molecule has 1 aromatic rings. The molecule has 2 amide bonds. The zero-order valence-electron chi connectivity index (χ0n) is 12.8. The Hall–Kier alpha value is -2.74. The minimum atomic E-state index is -1.17. The van der Waals surface area contributed by atoms with Gasteiger partial charge >= 0.3 is 12.1 Å². The number of methoxy groups -OCH3 is 1. The molecule has 24 heavy (non-hydrogen) atoms. The zero-order valence-corrected chi connectivity index (χ0v) is 13.6. The van der Waals surface area contributed by atoms with Gasteiger partial charge in [0.05, 0.1) is 12.1 Å². The van der Waals surface area contributed by atoms with Gasteiger partial charge in [-0.25, -0.2) is 9.59 Å². The second-order valence-electron chi connectivity index (χ2n) is 4.63. The van der Waals surface area contributed by atoms with Crippen molar-refractivity contribution in [1.29, 1.82) is 0 Å². The number of carbonyl (C=O) groups excluding carboxylic acids is 3. The van der Waals surface area contributed by atoms with Gasteiger partial charge in [0, 0.05) is 6.08 Å². The van der Waals surface area contributed by atoms with Gasteiger partial charge < -0.3 is 18.9 Å². The average Bonchev–Trinajstić information content (AvgIpc) is 3.01. The second kappa shape index (κ2) is 7.69. The Balaban J connectivity index is 1.95. The number of amides is 2. The van der Waals surface area contributed by atoms with Crippen LogP contribution in [0.1, 0.15) is 12.5 Å². The highest BCUT2D eigenvalue weighted by atomic mass is 35.5. The van der Waals surface area contributed by atoms with Gasteiger partial charge in [-0.1, -0.05) is 11.6 Å². The number of carbonyl (C=O) groups is 3. The number of imide groups is 1. The van der Waals surface area contributed by atoms with Crippen molar-refractivity contribution in [2.24, 2.45) is 0 Å². The van der Waals surface area contributed by atoms with Crippen molar-refractivity contribution >= 4 is 35.6 Å². The molecule has 1 aromatic carbocycles. The molecule has 9 heteroatoms. The lowest BCUT2D eigenvalue weighted by Crippen LogP contribution is -2.39. The van der Waals surface area contributed by atoms with Crippen LogP contribution in [0, 0.1) is 0 Å². The first-order valence-corrected chi connectivity index (χ1v) is 7.15. The number of fused-ring (bicyclic) bond motifs is 1. The quantitative estimate of drug-likeness (QED) is 0.650. The van der Waals surface area contributed by atoms with Crippen LogP contribution in [0.15, 0.2) is 18.2 Å². The molecule has 1 aliphatic rings. The number of nitrogens with one attached hydrogen (secondary N) is 1. The first kappa shape index (κ1) is 17.6. The Kier molecular flexibility index (Phi) is 5.64. The van der Waals surface area contributed by atoms with Crippen molar-refractivity contribution in [1.82, 2.24) is 5.32 Å². The Morgan fingerprint density at radius 2 is 2.08 bits per heavy atom. The Morgan fingerprint density at radius 3 is 2.79 bits per heavy atom. The molecule has 1 heterocycles. The van der Waals surface area contributed by atoms with Crippen molar-refractivity contribution < 1.29 is 33.3 Å². The minimum Gasteiger partial charge on any atom is -0.454 e. The van der Waals surface area contributed by atoms with E-state index in [9.17, 15) is 14.4 Å². The molecule has 1 N–H and O–H groups in total. The van der Waals surface area contributed by atoms with E-state index in [1.54, 1.807) is 12.1 Å². The van der Waals surface area contributed by atoms with Crippen LogP contribution in [-0.4, -0.2) is 38.0 Å². The van der Waals surface area contributed by atoms with Gasteiger partial charge in [-0.3, -0.25) is 10.1 Å². The van der Waals surface area contributed by atoms with Gasteiger partial charge in [0.2, 0.25) is 6.79 Å². The summed E-state index contributed by atoms with van der Waals surface area (Å²) in [6, 6.07) is 3.23. The summed E-state index contributed by atoms with van der Waals surface area (Å²) in [5.41, 5.74) is 0.591. The van der Waals surface area contributed by atoms with E-state index < -0.39 is 24.1 Å². The van der Waals surface area contributed by atoms with Crippen LogP contribution in [0.5, 0.6) is 11.5 Å². The lowest BCUT2D eigenvalue weighted by molar-refractivity contribution is -0.149. The Morgan fingerprint density at radius 1 is 1.33 bits per heavy atom. The maximum atomic E-state index is 11.7. The molecule has 128 valence electrons. The molecular formula is C15H14ClNO7. The fourth-order valence-corrected chi connectivity index (χ4v) is 2.04. The van der Waals surface area contributed by atoms with Crippen molar-refractivity contribution in [2.75, 3.05) is 13.9 Å². The third-order valence-electron chi connectivity index (χ3n) is 2.93. The number of halogens is 1. The highest BCUT2D eigenvalue weighted by Gasteiger charge is 2.20. The van der Waals surface area contributed by atoms with Gasteiger partial charge in [0.1, 0.15) is 0 Å². The van der Waals surface area contributed by atoms with Crippen molar-refractivity contribution in [3.05, 3.63) is 28.8 Å². The maximum Gasteiger partial charge on any atom is 0.413 e. The van der Waals surface area contributed by atoms with Crippen LogP contribution in [0.25, 0.3) is 6.08 Å². The fourth-order valence-electron chi connectivity index (χ4n) is 1.77. The number of alkyl carbamates (subject to hydrolysis) is 1. The zero-order chi connectivity index (χ0) is 17.7. The molecule has 0 fully saturated rings. The molecule has 0 saturated heterocycles. The SMILES string of the molecule is COC(=O)NC(=O)[C@@H](C)OC(=O)/C=C/c1cc(Cl)c2c(c1)OCO2. The summed E-state index contributed by atoms with van der Waals surface area (Å²) < 4.78 is 19.5. The molecule has 0 aromatic heterocycles. The fraction of sp³-hybridized carbons (Fsp3) is 0.267. The molecule has 0 bridgehead atoms. The van der Waals surface area contributed by atoms with E-state index in [1.807, 2.05) is 5.32 Å². The Labute approximate surface area is 142 Å². The van der Waals surface area contributed by atoms with E-state index in [0.29, 0.717) is 22.1 Å². The van der Waals surface area contributed by atoms with Crippen LogP contribution in [0.2, 0.25) is 5.02 Å². The molecule has 1 atom stereocenters. The number of benzene rings is 1. The van der Waals surface area contributed by atoms with Crippen LogP contribution in [-0.2, 0) is 19.1 Å². The summed E-state index contributed by atoms with van der Waals surface area (Å²) in [6.45, 7) is 1.40. The summed E-state index contributed by atoms with van der Waals surface area (Å²) in [5.74, 6) is -0.642. The van der Waals surface area contributed by atoms with E-state index in [-0.39, 0.29) is 6.79 Å². The van der Waals surface area contributed by atoms with Crippen molar-refractivity contribution in [3.8, 4) is 11.5 Å². The molecule has 0 unspecified atom stereocenters. The summed E-state index contributed by atoms with van der Waals surface area (Å²) in [4.78, 5) is 34.1. The highest BCUT2D eigenvalue weighted by molar-refractivity contribution is 6.32. The largest absolute Gasteiger partial charge is 0.454 e. The summed E-state index contributed by atoms with van der Waals surface area (Å²) >= 11 is 6.03. The first-order valence-electron chi connectivity index (χ1n) is 6.77. The second-order valence-corrected chi connectivity index (χ2v) is 5.04. The number of hydrogen-bond donors (Lipinski definition) is 1. The third-order valence-corrected chi connectivity index (χ3v) is 3.21. The number of ether oxygens (including phenoxy) is 4. The Bertz CT molecular complexity index is 701. The minimum absolute atomic E-state index is 0.0804. The van der Waals surface area contributed by atoms with Crippen LogP contribution < -0.4 is 14.8 Å². The monoisotopic (exact) mass is 355 g/mol. The van der Waals surface area contributed by atoms with Gasteiger partial charge in [-0.2, -0.15) is 0 Å². The van der Waals surface area contributed by atoms with Gasteiger partial charge in [-0.05, 0) is 30.7 Å². The van der Waals surface area contributed by atoms with E-state index >= 15 is 0 Å². The van der Waals surface area contributed by atoms with E-state index in [0.717, 1.165) is 13.2 Å². The molecule has 0 saturated carbocycles. The number of hydrogen-bond acceptors (Lipinski definition) is 7. The lowest BCUT2D eigenvalue weighted by atomic mass is 10.2. The summed E-state index contributed by atoms with van der Waals surface area (Å²) in [6.07, 6.45) is 0.465. The summed E-state index contributed by atoms with van der Waals surface area (Å²) in [5, 5.41) is 2.25. The standard InChI is InChI=1S/C15H14ClNO7/c1-8(14(19)17-15(20)21-2)24-12(18)4-3-9-5-10(16)13-11(6-9)22-7-23-13/h3-6,8H,7H2,1-2H3,(H,17,19,20)/b4-3+/t8-/m1/s1. The highest BCUT2D eigenvalue weighted by Crippen LogP contribution is 2.40. The molecule has 0 spiro atoms. The van der Waals surface area contributed by atoms with E-state index in [1.165, 1.54) is 13.0 Å². The van der Waals surface area contributed by atoms with E-state index in [4.69, 9.17) is 25.8 Å². The van der Waals surface area contributed by atoms with Gasteiger partial charge in [0.25, 0.3) is 5.91 Å². The van der Waals surface area contributed by atoms with E-state index in [2.05, 4.69) is 4.74 Å². The first-order chi connectivity index (χ1) is 11.4. The third kappa shape index (κ3) is 4.39. The normalized spacial score (nSPS) is 13.5. The predicted octanol–water partition coefficient (Wildman–Crippen LogP) is 1.90. The molecule has 2 rings (SSSR count). The average molecular weight is 356 g/mol.